The second-order valence-electron chi connectivity index (χ2n) is 4.65. The zero-order valence-electron chi connectivity index (χ0n) is 10.6. The zero-order chi connectivity index (χ0) is 12.7. The van der Waals surface area contributed by atoms with Crippen LogP contribution in [0.25, 0.3) is 0 Å². The first-order valence-electron chi connectivity index (χ1n) is 5.82. The van der Waals surface area contributed by atoms with Gasteiger partial charge in [0.05, 0.1) is 6.07 Å². The highest BCUT2D eigenvalue weighted by Gasteiger charge is 2.17. The molecule has 0 saturated carbocycles. The predicted octanol–water partition coefficient (Wildman–Crippen LogP) is 1.19. The van der Waals surface area contributed by atoms with E-state index in [1.54, 1.807) is 6.92 Å². The van der Waals surface area contributed by atoms with Crippen molar-refractivity contribution in [1.82, 2.24) is 9.88 Å². The molecule has 92 valence electrons. The Morgan fingerprint density at radius 3 is 2.82 bits per heavy atom. The topological polar surface area (TPSA) is 65.9 Å². The van der Waals surface area contributed by atoms with Crippen LogP contribution >= 0.6 is 0 Å². The minimum atomic E-state index is -0.723. The molecule has 0 aliphatic rings. The summed E-state index contributed by atoms with van der Waals surface area (Å²) < 4.78 is 0. The molecule has 0 aliphatic carbocycles. The molecule has 1 aromatic heterocycles. The molecule has 0 bridgehead atoms. The van der Waals surface area contributed by atoms with Crippen molar-refractivity contribution in [3.05, 3.63) is 30.1 Å². The van der Waals surface area contributed by atoms with Crippen molar-refractivity contribution in [2.45, 2.75) is 25.3 Å². The van der Waals surface area contributed by atoms with E-state index in [2.05, 4.69) is 16.0 Å². The quantitative estimate of drug-likeness (QED) is 0.800. The van der Waals surface area contributed by atoms with Gasteiger partial charge in [0.2, 0.25) is 0 Å². The third-order valence-corrected chi connectivity index (χ3v) is 2.74. The normalized spacial score (nSPS) is 14.3. The molecule has 4 nitrogen and oxygen atoms in total. The van der Waals surface area contributed by atoms with Gasteiger partial charge in [-0.3, -0.25) is 4.98 Å². The van der Waals surface area contributed by atoms with Gasteiger partial charge in [-0.15, -0.1) is 0 Å². The lowest BCUT2D eigenvalue weighted by atomic mass is 10.0. The highest BCUT2D eigenvalue weighted by molar-refractivity contribution is 5.04. The van der Waals surface area contributed by atoms with Gasteiger partial charge in [0, 0.05) is 31.4 Å². The van der Waals surface area contributed by atoms with Gasteiger partial charge in [-0.2, -0.15) is 5.26 Å². The van der Waals surface area contributed by atoms with E-state index in [1.807, 2.05) is 31.4 Å². The maximum atomic E-state index is 8.81. The lowest BCUT2D eigenvalue weighted by molar-refractivity contribution is 0.310. The van der Waals surface area contributed by atoms with Gasteiger partial charge in [0.15, 0.2) is 0 Å². The molecular formula is C13H20N4. The number of likely N-dealkylation sites (N-methyl/N-ethyl adjacent to an activating group) is 1. The molecule has 0 fully saturated rings. The Balaban J connectivity index is 2.27. The van der Waals surface area contributed by atoms with E-state index in [0.717, 1.165) is 25.2 Å². The van der Waals surface area contributed by atoms with Crippen molar-refractivity contribution in [2.24, 2.45) is 5.73 Å². The van der Waals surface area contributed by atoms with Crippen LogP contribution < -0.4 is 5.73 Å². The zero-order valence-corrected chi connectivity index (χ0v) is 10.6. The Morgan fingerprint density at radius 2 is 2.24 bits per heavy atom. The van der Waals surface area contributed by atoms with Gasteiger partial charge in [0.1, 0.15) is 5.54 Å². The van der Waals surface area contributed by atoms with Crippen molar-refractivity contribution >= 4 is 0 Å². The molecule has 0 saturated heterocycles. The number of pyridine rings is 1. The molecule has 1 atom stereocenters. The van der Waals surface area contributed by atoms with Gasteiger partial charge < -0.3 is 10.6 Å². The summed E-state index contributed by atoms with van der Waals surface area (Å²) in [6, 6.07) is 8.04. The largest absolute Gasteiger partial charge is 0.314 e. The summed E-state index contributed by atoms with van der Waals surface area (Å²) in [6.45, 7) is 3.52. The van der Waals surface area contributed by atoms with Gasteiger partial charge in [-0.25, -0.2) is 0 Å². The standard InChI is InChI=1S/C13H20N4/c1-13(15,11-14)7-10-17(2)9-6-12-5-3-4-8-16-12/h3-5,8H,6-7,9-10,15H2,1-2H3. The molecule has 0 radical (unpaired) electrons. The molecule has 2 N–H and O–H groups in total. The van der Waals surface area contributed by atoms with E-state index in [4.69, 9.17) is 11.0 Å². The second kappa shape index (κ2) is 6.33. The number of nitriles is 1. The minimum absolute atomic E-state index is 0.683. The average Bonchev–Trinajstić information content (AvgIpc) is 2.35. The predicted molar refractivity (Wildman–Crippen MR) is 68.3 cm³/mol. The van der Waals surface area contributed by atoms with E-state index in [-0.39, 0.29) is 0 Å². The SMILES string of the molecule is CN(CCc1ccccn1)CCC(C)(N)C#N. The van der Waals surface area contributed by atoms with Crippen LogP contribution in [0.15, 0.2) is 24.4 Å². The van der Waals surface area contributed by atoms with Crippen LogP contribution in [-0.4, -0.2) is 35.6 Å². The smallest absolute Gasteiger partial charge is 0.102 e. The first kappa shape index (κ1) is 13.6. The van der Waals surface area contributed by atoms with E-state index in [9.17, 15) is 0 Å². The third kappa shape index (κ3) is 5.43. The van der Waals surface area contributed by atoms with Crippen LogP contribution in [-0.2, 0) is 6.42 Å². The van der Waals surface area contributed by atoms with Crippen molar-refractivity contribution in [3.8, 4) is 6.07 Å². The molecule has 1 aromatic rings. The highest BCUT2D eigenvalue weighted by atomic mass is 15.1. The lowest BCUT2D eigenvalue weighted by Gasteiger charge is -2.21. The first-order valence-corrected chi connectivity index (χ1v) is 5.82. The highest BCUT2D eigenvalue weighted by Crippen LogP contribution is 2.05. The van der Waals surface area contributed by atoms with Gasteiger partial charge in [-0.05, 0) is 32.5 Å². The fourth-order valence-electron chi connectivity index (χ4n) is 1.44. The van der Waals surface area contributed by atoms with E-state index in [1.165, 1.54) is 0 Å². The maximum absolute atomic E-state index is 8.81. The number of aromatic nitrogens is 1. The molecule has 17 heavy (non-hydrogen) atoms. The Labute approximate surface area is 103 Å². The molecule has 1 rings (SSSR count). The Bertz CT molecular complexity index is 367. The molecular weight excluding hydrogens is 212 g/mol. The summed E-state index contributed by atoms with van der Waals surface area (Å²) in [4.78, 5) is 6.45. The van der Waals surface area contributed by atoms with E-state index >= 15 is 0 Å². The van der Waals surface area contributed by atoms with Crippen LogP contribution in [0.1, 0.15) is 19.0 Å². The fourth-order valence-corrected chi connectivity index (χ4v) is 1.44. The van der Waals surface area contributed by atoms with Crippen LogP contribution in [0.5, 0.6) is 0 Å². The van der Waals surface area contributed by atoms with E-state index in [0.29, 0.717) is 6.42 Å². The number of hydrogen-bond acceptors (Lipinski definition) is 4. The molecule has 4 heteroatoms. The summed E-state index contributed by atoms with van der Waals surface area (Å²) in [6.07, 6.45) is 3.41. The number of hydrogen-bond donors (Lipinski definition) is 1. The molecule has 1 unspecified atom stereocenters. The third-order valence-electron chi connectivity index (χ3n) is 2.74. The van der Waals surface area contributed by atoms with Gasteiger partial charge in [-0.1, -0.05) is 6.07 Å². The molecule has 0 aromatic carbocycles. The monoisotopic (exact) mass is 232 g/mol. The van der Waals surface area contributed by atoms with Crippen LogP contribution in [0.4, 0.5) is 0 Å². The summed E-state index contributed by atoms with van der Waals surface area (Å²) in [7, 11) is 2.04. The molecule has 1 heterocycles. The van der Waals surface area contributed by atoms with Gasteiger partial charge >= 0.3 is 0 Å². The first-order chi connectivity index (χ1) is 8.03. The summed E-state index contributed by atoms with van der Waals surface area (Å²) in [5.41, 5.74) is 6.14. The second-order valence-corrected chi connectivity index (χ2v) is 4.65. The van der Waals surface area contributed by atoms with Crippen molar-refractivity contribution in [1.29, 1.82) is 5.26 Å². The van der Waals surface area contributed by atoms with Crippen LogP contribution in [0.2, 0.25) is 0 Å². The Kier molecular flexibility index (Phi) is 5.08. The maximum Gasteiger partial charge on any atom is 0.102 e. The van der Waals surface area contributed by atoms with Crippen molar-refractivity contribution < 1.29 is 0 Å². The Morgan fingerprint density at radius 1 is 1.47 bits per heavy atom. The van der Waals surface area contributed by atoms with Crippen LogP contribution in [0.3, 0.4) is 0 Å². The number of nitrogens with zero attached hydrogens (tertiary/aromatic N) is 3. The summed E-state index contributed by atoms with van der Waals surface area (Å²) in [5.74, 6) is 0. The number of nitrogens with two attached hydrogens (primary N) is 1. The van der Waals surface area contributed by atoms with Crippen molar-refractivity contribution in [3.63, 3.8) is 0 Å². The van der Waals surface area contributed by atoms with E-state index < -0.39 is 5.54 Å². The van der Waals surface area contributed by atoms with Crippen LogP contribution in [0, 0.1) is 11.3 Å². The lowest BCUT2D eigenvalue weighted by Crippen LogP contribution is -2.38. The van der Waals surface area contributed by atoms with Gasteiger partial charge in [0.25, 0.3) is 0 Å². The molecule has 0 amide bonds. The fraction of sp³-hybridized carbons (Fsp3) is 0.538. The molecule has 0 spiro atoms. The molecule has 0 aliphatic heterocycles. The summed E-state index contributed by atoms with van der Waals surface area (Å²) >= 11 is 0. The summed E-state index contributed by atoms with van der Waals surface area (Å²) in [5, 5.41) is 8.81. The average molecular weight is 232 g/mol. The Hall–Kier alpha value is -1.44. The minimum Gasteiger partial charge on any atom is -0.314 e. The number of rotatable bonds is 6. The van der Waals surface area contributed by atoms with Crippen molar-refractivity contribution in [2.75, 3.05) is 20.1 Å².